The number of halogens is 1. The van der Waals surface area contributed by atoms with Crippen molar-refractivity contribution in [1.82, 2.24) is 0 Å². The summed E-state index contributed by atoms with van der Waals surface area (Å²) < 4.78 is 0. The van der Waals surface area contributed by atoms with Crippen molar-refractivity contribution in [1.29, 1.82) is 0 Å². The number of carbonyl (C=O) groups is 1. The topological polar surface area (TPSA) is 40.5 Å². The molecule has 19 heavy (non-hydrogen) atoms. The van der Waals surface area contributed by atoms with Crippen molar-refractivity contribution in [2.45, 2.75) is 25.8 Å². The molecule has 0 radical (unpaired) electrons. The van der Waals surface area contributed by atoms with Crippen LogP contribution in [0.1, 0.15) is 21.2 Å². The molecule has 0 heterocycles. The number of thiol groups is 1. The van der Waals surface area contributed by atoms with Crippen molar-refractivity contribution in [3.05, 3.63) is 29.3 Å². The largest absolute Gasteiger partial charge is 1.00 e. The average Bonchev–Trinajstić information content (AvgIpc) is 2.35. The zero-order valence-corrected chi connectivity index (χ0v) is 15.0. The molecule has 0 spiro atoms. The van der Waals surface area contributed by atoms with Crippen LogP contribution in [0, 0.1) is 0 Å². The van der Waals surface area contributed by atoms with Crippen LogP contribution < -0.4 is 34.5 Å². The maximum Gasteiger partial charge on any atom is 1.00 e. The second kappa shape index (κ2) is 9.94. The van der Waals surface area contributed by atoms with E-state index in [1.54, 1.807) is 19.1 Å². The minimum Gasteiger partial charge on any atom is -1.00 e. The second-order valence-electron chi connectivity index (χ2n) is 4.11. The van der Waals surface area contributed by atoms with Crippen LogP contribution in [0.15, 0.2) is 24.3 Å². The molecule has 0 saturated carbocycles. The Morgan fingerprint density at radius 1 is 1.42 bits per heavy atom. The molecule has 0 aromatic heterocycles. The third-order valence-corrected chi connectivity index (χ3v) is 3.36. The van der Waals surface area contributed by atoms with E-state index < -0.39 is 12.0 Å². The van der Waals surface area contributed by atoms with Gasteiger partial charge in [0.05, 0.1) is 0 Å². The molecular weight excluding hydrogens is 293 g/mol. The van der Waals surface area contributed by atoms with E-state index in [0.717, 1.165) is 24.3 Å². The van der Waals surface area contributed by atoms with Gasteiger partial charge in [0.1, 0.15) is 6.04 Å². The first-order chi connectivity index (χ1) is 8.56. The molecule has 6 heteroatoms. The molecule has 0 aliphatic carbocycles. The number of hydrogen-bond acceptors (Lipinski definition) is 3. The van der Waals surface area contributed by atoms with Gasteiger partial charge < -0.3 is 11.4 Å². The monoisotopic (exact) mass is 311 g/mol. The molecule has 1 atom stereocenters. The predicted octanol–water partition coefficient (Wildman–Crippen LogP) is 0.446. The zero-order chi connectivity index (χ0) is 13.5. The van der Waals surface area contributed by atoms with Gasteiger partial charge in [-0.1, -0.05) is 11.6 Å². The summed E-state index contributed by atoms with van der Waals surface area (Å²) in [5.74, 6) is -0.00792. The fourth-order valence-corrected chi connectivity index (χ4v) is 2.06. The van der Waals surface area contributed by atoms with Gasteiger partial charge in [0.2, 0.25) is 0 Å². The molecule has 0 bridgehead atoms. The molecule has 3 nitrogen and oxygen atoms in total. The number of rotatable bonds is 7. The first-order valence-corrected chi connectivity index (χ1v) is 6.93. The Bertz CT molecular complexity index is 394. The minimum atomic E-state index is -0.823. The van der Waals surface area contributed by atoms with Gasteiger partial charge in [-0.2, -0.15) is 12.6 Å². The SMILES string of the molecule is C[C@@H](C(=O)O)N(CCCCS)c1ccc(Cl)cc1.[H-].[Na+]. The summed E-state index contributed by atoms with van der Waals surface area (Å²) in [5.41, 5.74) is 0.883. The first kappa shape index (κ1) is 19.1. The van der Waals surface area contributed by atoms with Gasteiger partial charge in [0, 0.05) is 17.3 Å². The number of anilines is 1. The number of benzene rings is 1. The summed E-state index contributed by atoms with van der Waals surface area (Å²) in [6.45, 7) is 2.40. The number of aliphatic carboxylic acids is 1. The van der Waals surface area contributed by atoms with E-state index in [1.165, 1.54) is 0 Å². The molecule has 0 amide bonds. The average molecular weight is 312 g/mol. The number of hydrogen-bond donors (Lipinski definition) is 2. The van der Waals surface area contributed by atoms with E-state index in [-0.39, 0.29) is 31.0 Å². The van der Waals surface area contributed by atoms with Crippen LogP contribution in [0.5, 0.6) is 0 Å². The fourth-order valence-electron chi connectivity index (χ4n) is 1.71. The van der Waals surface area contributed by atoms with Crippen LogP contribution in [-0.2, 0) is 4.79 Å². The molecule has 0 saturated heterocycles. The first-order valence-electron chi connectivity index (χ1n) is 5.92. The van der Waals surface area contributed by atoms with Crippen molar-refractivity contribution in [2.75, 3.05) is 17.2 Å². The van der Waals surface area contributed by atoms with E-state index in [9.17, 15) is 4.79 Å². The van der Waals surface area contributed by atoms with E-state index in [4.69, 9.17) is 16.7 Å². The zero-order valence-electron chi connectivity index (χ0n) is 12.3. The van der Waals surface area contributed by atoms with E-state index in [0.29, 0.717) is 11.6 Å². The number of nitrogens with zero attached hydrogens (tertiary/aromatic N) is 1. The van der Waals surface area contributed by atoms with E-state index in [2.05, 4.69) is 12.6 Å². The Kier molecular flexibility index (Phi) is 10.0. The summed E-state index contributed by atoms with van der Waals surface area (Å²) in [5, 5.41) is 9.79. The molecule has 1 aromatic rings. The maximum atomic E-state index is 11.1. The molecule has 1 aromatic carbocycles. The quantitative estimate of drug-likeness (QED) is 0.436. The minimum absolute atomic E-state index is 0. The molecule has 0 aliphatic heterocycles. The van der Waals surface area contributed by atoms with Gasteiger partial charge >= 0.3 is 35.5 Å². The molecule has 1 N–H and O–H groups in total. The third kappa shape index (κ3) is 6.41. The summed E-state index contributed by atoms with van der Waals surface area (Å²) in [4.78, 5) is 13.0. The van der Waals surface area contributed by atoms with Gasteiger partial charge in [0.25, 0.3) is 0 Å². The summed E-state index contributed by atoms with van der Waals surface area (Å²) in [6, 6.07) is 6.70. The Morgan fingerprint density at radius 2 is 2.00 bits per heavy atom. The van der Waals surface area contributed by atoms with Gasteiger partial charge in [-0.25, -0.2) is 4.79 Å². The van der Waals surface area contributed by atoms with Crippen molar-refractivity contribution < 1.29 is 40.9 Å². The van der Waals surface area contributed by atoms with E-state index >= 15 is 0 Å². The van der Waals surface area contributed by atoms with Crippen molar-refractivity contribution in [2.24, 2.45) is 0 Å². The van der Waals surface area contributed by atoms with Crippen LogP contribution in [0.3, 0.4) is 0 Å². The van der Waals surface area contributed by atoms with Gasteiger partial charge in [0.15, 0.2) is 0 Å². The summed E-state index contributed by atoms with van der Waals surface area (Å²) >= 11 is 10.0. The van der Waals surface area contributed by atoms with Crippen molar-refractivity contribution >= 4 is 35.9 Å². The third-order valence-electron chi connectivity index (χ3n) is 2.79. The Morgan fingerprint density at radius 3 is 2.47 bits per heavy atom. The molecular formula is C13H19ClNNaO2S. The van der Waals surface area contributed by atoms with Crippen LogP contribution in [0.4, 0.5) is 5.69 Å². The fraction of sp³-hybridized carbons (Fsp3) is 0.462. The maximum absolute atomic E-state index is 11.1. The Hall–Kier alpha value is 0.130. The van der Waals surface area contributed by atoms with Crippen molar-refractivity contribution in [3.63, 3.8) is 0 Å². The molecule has 0 aliphatic rings. The summed E-state index contributed by atoms with van der Waals surface area (Å²) in [7, 11) is 0. The van der Waals surface area contributed by atoms with Gasteiger partial charge in [-0.3, -0.25) is 0 Å². The number of unbranched alkanes of at least 4 members (excludes halogenated alkanes) is 1. The summed E-state index contributed by atoms with van der Waals surface area (Å²) in [6.07, 6.45) is 1.89. The number of carboxylic acid groups (broad SMARTS) is 1. The van der Waals surface area contributed by atoms with E-state index in [1.807, 2.05) is 17.0 Å². The molecule has 102 valence electrons. The van der Waals surface area contributed by atoms with Gasteiger partial charge in [-0.15, -0.1) is 0 Å². The van der Waals surface area contributed by atoms with Gasteiger partial charge in [-0.05, 0) is 49.8 Å². The van der Waals surface area contributed by atoms with Crippen LogP contribution in [0.2, 0.25) is 5.02 Å². The van der Waals surface area contributed by atoms with Crippen LogP contribution >= 0.6 is 24.2 Å². The van der Waals surface area contributed by atoms with Crippen LogP contribution in [0.25, 0.3) is 0 Å². The Labute approximate surface area is 148 Å². The predicted molar refractivity (Wildman–Crippen MR) is 80.1 cm³/mol. The molecule has 0 fully saturated rings. The molecule has 1 rings (SSSR count). The smallest absolute Gasteiger partial charge is 1.00 e. The molecule has 0 unspecified atom stereocenters. The number of carboxylic acids is 1. The van der Waals surface area contributed by atoms with Crippen molar-refractivity contribution in [3.8, 4) is 0 Å². The Balaban J connectivity index is 0. The standard InChI is InChI=1S/C13H18ClNO2S.Na.H/c1-10(13(16)17)15(8-2-3-9-18)12-6-4-11(14)5-7-12;;/h4-7,10,18H,2-3,8-9H2,1H3,(H,16,17);;/q;+1;-1/t10-;;/m0../s1. The van der Waals surface area contributed by atoms with Crippen LogP contribution in [-0.4, -0.2) is 29.4 Å². The normalized spacial score (nSPS) is 11.5. The second-order valence-corrected chi connectivity index (χ2v) is 5.00.